The Bertz CT molecular complexity index is 360. The smallest absolute Gasteiger partial charge is 0.0850 e. The first-order chi connectivity index (χ1) is 8.63. The minimum Gasteiger partial charge on any atom is -0.327 e. The summed E-state index contributed by atoms with van der Waals surface area (Å²) in [5.41, 5.74) is 8.30. The Kier molecular flexibility index (Phi) is 6.72. The van der Waals surface area contributed by atoms with Crippen LogP contribution in [0.3, 0.4) is 0 Å². The maximum absolute atomic E-state index is 6.37. The Balaban J connectivity index is 2.67. The second-order valence-electron chi connectivity index (χ2n) is 4.84. The molecule has 0 saturated heterocycles. The Morgan fingerprint density at radius 2 is 2.00 bits per heavy atom. The molecule has 1 heterocycles. The van der Waals surface area contributed by atoms with Crippen LogP contribution in [0.4, 0.5) is 0 Å². The molecular formula is C14H26ClN3. The summed E-state index contributed by atoms with van der Waals surface area (Å²) >= 11 is 6.37. The molecule has 0 amide bonds. The molecule has 2 N–H and O–H groups in total. The topological polar surface area (TPSA) is 43.8 Å². The van der Waals surface area contributed by atoms with E-state index in [-0.39, 0.29) is 6.04 Å². The molecule has 4 heteroatoms. The first-order valence-electron chi connectivity index (χ1n) is 7.13. The highest BCUT2D eigenvalue weighted by atomic mass is 35.5. The molecule has 0 bridgehead atoms. The number of nitrogens with zero attached hydrogens (tertiary/aromatic N) is 2. The van der Waals surface area contributed by atoms with E-state index in [0.29, 0.717) is 0 Å². The van der Waals surface area contributed by atoms with Crippen molar-refractivity contribution in [2.24, 2.45) is 5.73 Å². The van der Waals surface area contributed by atoms with Gasteiger partial charge in [-0.25, -0.2) is 0 Å². The van der Waals surface area contributed by atoms with E-state index in [1.165, 1.54) is 19.3 Å². The van der Waals surface area contributed by atoms with Gasteiger partial charge in [0.1, 0.15) is 0 Å². The van der Waals surface area contributed by atoms with E-state index in [1.54, 1.807) is 0 Å². The van der Waals surface area contributed by atoms with E-state index < -0.39 is 0 Å². The molecule has 1 aromatic rings. The van der Waals surface area contributed by atoms with Crippen LogP contribution < -0.4 is 5.73 Å². The number of halogens is 1. The second kappa shape index (κ2) is 7.80. The fourth-order valence-electron chi connectivity index (χ4n) is 2.22. The first kappa shape index (κ1) is 15.5. The molecule has 0 radical (unpaired) electrons. The zero-order valence-corrected chi connectivity index (χ0v) is 12.6. The van der Waals surface area contributed by atoms with Crippen molar-refractivity contribution in [3.05, 3.63) is 16.4 Å². The molecule has 104 valence electrons. The lowest BCUT2D eigenvalue weighted by Gasteiger charge is -2.12. The molecule has 0 spiro atoms. The van der Waals surface area contributed by atoms with Gasteiger partial charge in [-0.3, -0.25) is 4.68 Å². The Labute approximate surface area is 116 Å². The number of nitrogens with two attached hydrogens (primary N) is 1. The van der Waals surface area contributed by atoms with Gasteiger partial charge in [-0.1, -0.05) is 44.7 Å². The summed E-state index contributed by atoms with van der Waals surface area (Å²) in [6.45, 7) is 7.24. The quantitative estimate of drug-likeness (QED) is 0.735. The third-order valence-electron chi connectivity index (χ3n) is 3.33. The summed E-state index contributed by atoms with van der Waals surface area (Å²) in [6, 6.07) is 0.195. The van der Waals surface area contributed by atoms with Crippen molar-refractivity contribution in [2.45, 2.75) is 71.9 Å². The maximum atomic E-state index is 6.37. The van der Waals surface area contributed by atoms with Gasteiger partial charge in [0, 0.05) is 19.0 Å². The van der Waals surface area contributed by atoms with E-state index in [0.717, 1.165) is 42.2 Å². The predicted octanol–water partition coefficient (Wildman–Crippen LogP) is 3.57. The molecule has 0 aliphatic rings. The predicted molar refractivity (Wildman–Crippen MR) is 78.1 cm³/mol. The molecule has 1 atom stereocenters. The molecular weight excluding hydrogens is 246 g/mol. The largest absolute Gasteiger partial charge is 0.327 e. The molecule has 1 aromatic heterocycles. The van der Waals surface area contributed by atoms with Gasteiger partial charge in [0.05, 0.1) is 16.4 Å². The van der Waals surface area contributed by atoms with Crippen molar-refractivity contribution in [1.29, 1.82) is 0 Å². The van der Waals surface area contributed by atoms with Crippen molar-refractivity contribution in [1.82, 2.24) is 9.78 Å². The number of hydrogen-bond donors (Lipinski definition) is 1. The van der Waals surface area contributed by atoms with E-state index in [1.807, 2.05) is 4.68 Å². The summed E-state index contributed by atoms with van der Waals surface area (Å²) in [5, 5.41) is 5.35. The van der Waals surface area contributed by atoms with Crippen molar-refractivity contribution in [3.8, 4) is 0 Å². The molecule has 18 heavy (non-hydrogen) atoms. The molecule has 1 unspecified atom stereocenters. The van der Waals surface area contributed by atoms with Gasteiger partial charge in [0.25, 0.3) is 0 Å². The second-order valence-corrected chi connectivity index (χ2v) is 5.21. The van der Waals surface area contributed by atoms with Crippen LogP contribution in [-0.4, -0.2) is 15.8 Å². The minimum absolute atomic E-state index is 0.195. The van der Waals surface area contributed by atoms with Crippen molar-refractivity contribution in [3.63, 3.8) is 0 Å². The summed E-state index contributed by atoms with van der Waals surface area (Å²) < 4.78 is 2.00. The highest BCUT2D eigenvalue weighted by Gasteiger charge is 2.16. The van der Waals surface area contributed by atoms with Crippen LogP contribution in [0.5, 0.6) is 0 Å². The fraction of sp³-hybridized carbons (Fsp3) is 0.786. The normalized spacial score (nSPS) is 12.9. The van der Waals surface area contributed by atoms with Crippen LogP contribution in [-0.2, 0) is 19.4 Å². The molecule has 0 fully saturated rings. The lowest BCUT2D eigenvalue weighted by molar-refractivity contribution is 0.527. The molecule has 1 rings (SSSR count). The minimum atomic E-state index is 0.195. The third kappa shape index (κ3) is 3.99. The van der Waals surface area contributed by atoms with Gasteiger partial charge in [-0.15, -0.1) is 0 Å². The van der Waals surface area contributed by atoms with Crippen LogP contribution in [0.2, 0.25) is 5.02 Å². The maximum Gasteiger partial charge on any atom is 0.0850 e. The van der Waals surface area contributed by atoms with Gasteiger partial charge in [-0.05, 0) is 19.8 Å². The van der Waals surface area contributed by atoms with E-state index in [9.17, 15) is 0 Å². The molecule has 0 aliphatic heterocycles. The van der Waals surface area contributed by atoms with E-state index >= 15 is 0 Å². The summed E-state index contributed by atoms with van der Waals surface area (Å²) in [5.74, 6) is 0. The third-order valence-corrected chi connectivity index (χ3v) is 3.76. The van der Waals surface area contributed by atoms with Crippen LogP contribution >= 0.6 is 11.6 Å². The number of rotatable bonds is 8. The average molecular weight is 272 g/mol. The number of aromatic nitrogens is 2. The van der Waals surface area contributed by atoms with Crippen LogP contribution in [0.15, 0.2) is 0 Å². The summed E-state index contributed by atoms with van der Waals surface area (Å²) in [6.07, 6.45) is 6.49. The molecule has 0 aromatic carbocycles. The monoisotopic (exact) mass is 271 g/mol. The number of aryl methyl sites for hydroxylation is 2. The molecule has 0 aliphatic carbocycles. The highest BCUT2D eigenvalue weighted by molar-refractivity contribution is 6.31. The zero-order valence-electron chi connectivity index (χ0n) is 11.9. The standard InChI is InChI=1S/C14H26ClN3/c1-4-7-8-9-11(16)10-13-14(15)12(5-2)17-18(13)6-3/h11H,4-10,16H2,1-3H3. The highest BCUT2D eigenvalue weighted by Crippen LogP contribution is 2.23. The number of hydrogen-bond acceptors (Lipinski definition) is 2. The van der Waals surface area contributed by atoms with Gasteiger partial charge in [0.15, 0.2) is 0 Å². The van der Waals surface area contributed by atoms with E-state index in [4.69, 9.17) is 17.3 Å². The average Bonchev–Trinajstić information content (AvgIpc) is 2.66. The zero-order chi connectivity index (χ0) is 13.5. The van der Waals surface area contributed by atoms with Crippen LogP contribution in [0, 0.1) is 0 Å². The fourth-order valence-corrected chi connectivity index (χ4v) is 2.57. The van der Waals surface area contributed by atoms with Gasteiger partial charge in [0.2, 0.25) is 0 Å². The van der Waals surface area contributed by atoms with Gasteiger partial charge < -0.3 is 5.73 Å². The number of unbranched alkanes of at least 4 members (excludes halogenated alkanes) is 2. The van der Waals surface area contributed by atoms with Crippen LogP contribution in [0.1, 0.15) is 57.8 Å². The Morgan fingerprint density at radius 1 is 1.28 bits per heavy atom. The first-order valence-corrected chi connectivity index (χ1v) is 7.51. The van der Waals surface area contributed by atoms with Gasteiger partial charge >= 0.3 is 0 Å². The molecule has 0 saturated carbocycles. The van der Waals surface area contributed by atoms with Crippen molar-refractivity contribution >= 4 is 11.6 Å². The van der Waals surface area contributed by atoms with Gasteiger partial charge in [-0.2, -0.15) is 5.10 Å². The van der Waals surface area contributed by atoms with Crippen molar-refractivity contribution in [2.75, 3.05) is 0 Å². The Hall–Kier alpha value is -0.540. The Morgan fingerprint density at radius 3 is 2.56 bits per heavy atom. The molecule has 3 nitrogen and oxygen atoms in total. The lowest BCUT2D eigenvalue weighted by atomic mass is 10.0. The lowest BCUT2D eigenvalue weighted by Crippen LogP contribution is -2.24. The SMILES string of the molecule is CCCCCC(N)Cc1c(Cl)c(CC)nn1CC. The van der Waals surface area contributed by atoms with E-state index in [2.05, 4.69) is 25.9 Å². The summed E-state index contributed by atoms with van der Waals surface area (Å²) in [7, 11) is 0. The van der Waals surface area contributed by atoms with Crippen molar-refractivity contribution < 1.29 is 0 Å². The summed E-state index contributed by atoms with van der Waals surface area (Å²) in [4.78, 5) is 0. The van der Waals surface area contributed by atoms with Crippen LogP contribution in [0.25, 0.3) is 0 Å².